The first-order valence-corrected chi connectivity index (χ1v) is 13.2. The van der Waals surface area contributed by atoms with Crippen LogP contribution in [0.15, 0.2) is 133 Å². The molecule has 1 aliphatic heterocycles. The van der Waals surface area contributed by atoms with E-state index < -0.39 is 12.2 Å². The molecular weight excluding hydrogens is 484 g/mol. The van der Waals surface area contributed by atoms with Gasteiger partial charge in [0.1, 0.15) is 12.2 Å². The van der Waals surface area contributed by atoms with Crippen molar-refractivity contribution < 1.29 is 18.9 Å². The van der Waals surface area contributed by atoms with E-state index in [1.807, 2.05) is 97.1 Å². The minimum absolute atomic E-state index is 0.357. The summed E-state index contributed by atoms with van der Waals surface area (Å²) in [7, 11) is 0. The van der Waals surface area contributed by atoms with Crippen molar-refractivity contribution in [3.8, 4) is 11.8 Å². The lowest BCUT2D eigenvalue weighted by molar-refractivity contribution is -0.150. The average molecular weight is 517 g/mol. The highest BCUT2D eigenvalue weighted by Crippen LogP contribution is 2.27. The molecule has 5 rings (SSSR count). The van der Waals surface area contributed by atoms with Crippen molar-refractivity contribution in [3.63, 3.8) is 0 Å². The van der Waals surface area contributed by atoms with Gasteiger partial charge in [0.2, 0.25) is 0 Å². The Balaban J connectivity index is 1.39. The number of hydrogen-bond donors (Lipinski definition) is 0. The van der Waals surface area contributed by atoms with Gasteiger partial charge in [-0.05, 0) is 28.8 Å². The standard InChI is InChI=1S/C35H32O4/c1-5-13-28(14-6-1)21-22-32-26-37-33(27-36-23-29-15-7-2-8-16-29)35(39-25-31-19-11-4-12-20-31)34(32)38-24-30-17-9-3-10-18-30/h1-20,26,33-35H,23-25,27H2/t33-,34-,35+/m1/s1. The molecule has 0 bridgehead atoms. The molecule has 0 saturated carbocycles. The van der Waals surface area contributed by atoms with Crippen LogP contribution in [0, 0.1) is 11.8 Å². The summed E-state index contributed by atoms with van der Waals surface area (Å²) in [6.45, 7) is 1.70. The lowest BCUT2D eigenvalue weighted by Crippen LogP contribution is -2.47. The predicted molar refractivity (Wildman–Crippen MR) is 152 cm³/mol. The summed E-state index contributed by atoms with van der Waals surface area (Å²) in [4.78, 5) is 0. The fourth-order valence-corrected chi connectivity index (χ4v) is 4.35. The predicted octanol–water partition coefficient (Wildman–Crippen LogP) is 6.71. The van der Waals surface area contributed by atoms with Crippen LogP contribution in [0.2, 0.25) is 0 Å². The van der Waals surface area contributed by atoms with Crippen LogP contribution in [-0.2, 0) is 38.8 Å². The van der Waals surface area contributed by atoms with Gasteiger partial charge in [0.15, 0.2) is 6.10 Å². The van der Waals surface area contributed by atoms with Crippen molar-refractivity contribution in [3.05, 3.63) is 155 Å². The summed E-state index contributed by atoms with van der Waals surface area (Å²) in [6.07, 6.45) is 0.504. The first kappa shape index (κ1) is 26.5. The molecular formula is C35H32O4. The van der Waals surface area contributed by atoms with E-state index >= 15 is 0 Å². The van der Waals surface area contributed by atoms with Crippen LogP contribution >= 0.6 is 0 Å². The molecule has 0 N–H and O–H groups in total. The van der Waals surface area contributed by atoms with E-state index in [-0.39, 0.29) is 6.10 Å². The smallest absolute Gasteiger partial charge is 0.150 e. The SMILES string of the molecule is C(#Cc1ccccc1)C1=CO[C@H](COCc2ccccc2)[C@H](OCc2ccccc2)[C@@H]1OCc1ccccc1. The molecule has 3 atom stereocenters. The van der Waals surface area contributed by atoms with E-state index in [4.69, 9.17) is 18.9 Å². The van der Waals surface area contributed by atoms with E-state index in [0.29, 0.717) is 26.4 Å². The molecule has 4 nitrogen and oxygen atoms in total. The molecule has 0 spiro atoms. The van der Waals surface area contributed by atoms with Crippen LogP contribution in [0.3, 0.4) is 0 Å². The molecule has 4 aromatic carbocycles. The van der Waals surface area contributed by atoms with Crippen molar-refractivity contribution in [2.24, 2.45) is 0 Å². The highest BCUT2D eigenvalue weighted by molar-refractivity contribution is 5.42. The van der Waals surface area contributed by atoms with Crippen molar-refractivity contribution in [1.29, 1.82) is 0 Å². The van der Waals surface area contributed by atoms with Gasteiger partial charge in [0.25, 0.3) is 0 Å². The molecule has 0 unspecified atom stereocenters. The van der Waals surface area contributed by atoms with E-state index in [0.717, 1.165) is 27.8 Å². The molecule has 4 heteroatoms. The van der Waals surface area contributed by atoms with E-state index in [2.05, 4.69) is 36.1 Å². The second kappa shape index (κ2) is 14.1. The first-order valence-electron chi connectivity index (χ1n) is 13.2. The van der Waals surface area contributed by atoms with Crippen LogP contribution in [0.1, 0.15) is 22.3 Å². The molecule has 1 aliphatic rings. The summed E-state index contributed by atoms with van der Waals surface area (Å²) in [5.74, 6) is 6.55. The summed E-state index contributed by atoms with van der Waals surface area (Å²) >= 11 is 0. The zero-order valence-corrected chi connectivity index (χ0v) is 21.8. The van der Waals surface area contributed by atoms with Gasteiger partial charge in [-0.3, -0.25) is 0 Å². The lowest BCUT2D eigenvalue weighted by Gasteiger charge is -2.36. The lowest BCUT2D eigenvalue weighted by atomic mass is 9.98. The average Bonchev–Trinajstić information content (AvgIpc) is 3.00. The number of rotatable bonds is 10. The maximum Gasteiger partial charge on any atom is 0.150 e. The molecule has 0 aliphatic carbocycles. The van der Waals surface area contributed by atoms with Crippen molar-refractivity contribution in [2.75, 3.05) is 6.61 Å². The van der Waals surface area contributed by atoms with Gasteiger partial charge in [-0.2, -0.15) is 0 Å². The van der Waals surface area contributed by atoms with Gasteiger partial charge in [-0.15, -0.1) is 0 Å². The zero-order valence-electron chi connectivity index (χ0n) is 21.8. The van der Waals surface area contributed by atoms with E-state index in [1.54, 1.807) is 6.26 Å². The normalized spacial score (nSPS) is 18.4. The van der Waals surface area contributed by atoms with Crippen LogP contribution in [0.25, 0.3) is 0 Å². The molecule has 0 amide bonds. The largest absolute Gasteiger partial charge is 0.492 e. The van der Waals surface area contributed by atoms with E-state index in [1.165, 1.54) is 0 Å². The molecule has 39 heavy (non-hydrogen) atoms. The van der Waals surface area contributed by atoms with Crippen LogP contribution < -0.4 is 0 Å². The highest BCUT2D eigenvalue weighted by atomic mass is 16.6. The minimum atomic E-state index is -0.427. The Morgan fingerprint density at radius 1 is 0.564 bits per heavy atom. The monoisotopic (exact) mass is 516 g/mol. The van der Waals surface area contributed by atoms with Gasteiger partial charge >= 0.3 is 0 Å². The Morgan fingerprint density at radius 3 is 1.67 bits per heavy atom. The second-order valence-corrected chi connectivity index (χ2v) is 9.34. The van der Waals surface area contributed by atoms with Gasteiger partial charge < -0.3 is 18.9 Å². The third-order valence-electron chi connectivity index (χ3n) is 6.42. The maximum absolute atomic E-state index is 6.53. The van der Waals surface area contributed by atoms with Crippen molar-refractivity contribution in [2.45, 2.75) is 38.1 Å². The molecule has 4 aromatic rings. The Hall–Kier alpha value is -4.14. The van der Waals surface area contributed by atoms with Crippen LogP contribution in [0.4, 0.5) is 0 Å². The molecule has 0 saturated heterocycles. The first-order chi connectivity index (χ1) is 19.3. The Labute approximate surface area is 230 Å². The number of hydrogen-bond acceptors (Lipinski definition) is 4. The third kappa shape index (κ3) is 7.92. The number of ether oxygens (including phenoxy) is 4. The molecule has 0 radical (unpaired) electrons. The van der Waals surface area contributed by atoms with Gasteiger partial charge in [0, 0.05) is 5.56 Å². The molecule has 0 aromatic heterocycles. The molecule has 196 valence electrons. The van der Waals surface area contributed by atoms with Crippen LogP contribution in [-0.4, -0.2) is 24.9 Å². The number of benzene rings is 4. The highest BCUT2D eigenvalue weighted by Gasteiger charge is 2.38. The van der Waals surface area contributed by atoms with E-state index in [9.17, 15) is 0 Å². The molecule has 1 heterocycles. The fourth-order valence-electron chi connectivity index (χ4n) is 4.35. The summed E-state index contributed by atoms with van der Waals surface area (Å²) in [6, 6.07) is 40.3. The maximum atomic E-state index is 6.53. The minimum Gasteiger partial charge on any atom is -0.492 e. The summed E-state index contributed by atoms with van der Waals surface area (Å²) in [5, 5.41) is 0. The summed E-state index contributed by atoms with van der Waals surface area (Å²) in [5.41, 5.74) is 4.94. The van der Waals surface area contributed by atoms with Crippen molar-refractivity contribution >= 4 is 0 Å². The van der Waals surface area contributed by atoms with Gasteiger partial charge in [-0.25, -0.2) is 0 Å². The summed E-state index contributed by atoms with van der Waals surface area (Å²) < 4.78 is 25.4. The quantitative estimate of drug-likeness (QED) is 0.220. The third-order valence-corrected chi connectivity index (χ3v) is 6.42. The second-order valence-electron chi connectivity index (χ2n) is 9.34. The van der Waals surface area contributed by atoms with Gasteiger partial charge in [0.05, 0.1) is 38.3 Å². The Bertz CT molecular complexity index is 1360. The Kier molecular flexibility index (Phi) is 9.59. The van der Waals surface area contributed by atoms with Crippen LogP contribution in [0.5, 0.6) is 0 Å². The topological polar surface area (TPSA) is 36.9 Å². The van der Waals surface area contributed by atoms with Crippen molar-refractivity contribution in [1.82, 2.24) is 0 Å². The zero-order chi connectivity index (χ0) is 26.5. The fraction of sp³-hybridized carbons (Fsp3) is 0.200. The van der Waals surface area contributed by atoms with Gasteiger partial charge in [-0.1, -0.05) is 121 Å². The molecule has 0 fully saturated rings. The Morgan fingerprint density at radius 2 is 1.08 bits per heavy atom.